The highest BCUT2D eigenvalue weighted by Crippen LogP contribution is 2.26. The number of carboxylic acid groups (broad SMARTS) is 1. The summed E-state index contributed by atoms with van der Waals surface area (Å²) in [4.78, 5) is 11.0. The van der Waals surface area contributed by atoms with Crippen LogP contribution in [0.15, 0.2) is 30.4 Å². The van der Waals surface area contributed by atoms with Gasteiger partial charge in [-0.05, 0) is 24.5 Å². The fourth-order valence-corrected chi connectivity index (χ4v) is 1.64. The summed E-state index contributed by atoms with van der Waals surface area (Å²) in [5.41, 5.74) is 1.19. The molecule has 0 aliphatic carbocycles. The first kappa shape index (κ1) is 9.77. The number of allylic oxidation sites excluding steroid dienone is 1. The standard InChI is InChI=1S/C12H12O3/c13-12(14)10-7-4-6-9-5-2-1-3-8-15-11(9)10/h1-2,4,6-7H,3,5,8H2,(H,13,14)/b2-1-. The van der Waals surface area contributed by atoms with Crippen LogP contribution >= 0.6 is 0 Å². The number of hydrogen-bond donors (Lipinski definition) is 1. The van der Waals surface area contributed by atoms with Gasteiger partial charge in [-0.25, -0.2) is 4.79 Å². The molecule has 0 amide bonds. The number of para-hydroxylation sites is 1. The van der Waals surface area contributed by atoms with Crippen LogP contribution in [0.1, 0.15) is 22.3 Å². The molecule has 78 valence electrons. The van der Waals surface area contributed by atoms with Crippen LogP contribution in [0, 0.1) is 0 Å². The van der Waals surface area contributed by atoms with Gasteiger partial charge in [0.15, 0.2) is 0 Å². The first-order chi connectivity index (χ1) is 7.29. The van der Waals surface area contributed by atoms with Gasteiger partial charge in [-0.15, -0.1) is 0 Å². The Hall–Kier alpha value is -1.77. The second kappa shape index (κ2) is 4.17. The zero-order valence-corrected chi connectivity index (χ0v) is 8.27. The SMILES string of the molecule is O=C(O)c1cccc2c1OCC/C=C\C2. The molecular weight excluding hydrogens is 192 g/mol. The van der Waals surface area contributed by atoms with Gasteiger partial charge in [0.05, 0.1) is 6.61 Å². The zero-order chi connectivity index (χ0) is 10.7. The van der Waals surface area contributed by atoms with Crippen molar-refractivity contribution in [2.75, 3.05) is 6.61 Å². The van der Waals surface area contributed by atoms with Crippen molar-refractivity contribution in [3.8, 4) is 5.75 Å². The minimum Gasteiger partial charge on any atom is -0.492 e. The quantitative estimate of drug-likeness (QED) is 0.714. The molecule has 0 bridgehead atoms. The molecular formula is C12H12O3. The Morgan fingerprint density at radius 2 is 2.20 bits per heavy atom. The topological polar surface area (TPSA) is 46.5 Å². The maximum Gasteiger partial charge on any atom is 0.339 e. The van der Waals surface area contributed by atoms with Crippen molar-refractivity contribution in [1.29, 1.82) is 0 Å². The van der Waals surface area contributed by atoms with Gasteiger partial charge >= 0.3 is 5.97 Å². The van der Waals surface area contributed by atoms with Crippen LogP contribution in [-0.2, 0) is 6.42 Å². The predicted octanol–water partition coefficient (Wildman–Crippen LogP) is 2.27. The van der Waals surface area contributed by atoms with Gasteiger partial charge in [0, 0.05) is 0 Å². The lowest BCUT2D eigenvalue weighted by Gasteiger charge is -2.14. The number of benzene rings is 1. The molecule has 0 fully saturated rings. The Kier molecular flexibility index (Phi) is 2.72. The summed E-state index contributed by atoms with van der Waals surface area (Å²) >= 11 is 0. The Morgan fingerprint density at radius 3 is 3.00 bits per heavy atom. The van der Waals surface area contributed by atoms with E-state index in [2.05, 4.69) is 6.08 Å². The van der Waals surface area contributed by atoms with Crippen LogP contribution in [0.25, 0.3) is 0 Å². The monoisotopic (exact) mass is 204 g/mol. The van der Waals surface area contributed by atoms with Crippen molar-refractivity contribution < 1.29 is 14.6 Å². The molecule has 3 heteroatoms. The lowest BCUT2D eigenvalue weighted by Crippen LogP contribution is -2.07. The van der Waals surface area contributed by atoms with E-state index in [1.54, 1.807) is 12.1 Å². The molecule has 2 rings (SSSR count). The number of carbonyl (C=O) groups is 1. The molecule has 0 saturated carbocycles. The molecule has 3 nitrogen and oxygen atoms in total. The third-order valence-corrected chi connectivity index (χ3v) is 2.36. The van der Waals surface area contributed by atoms with Crippen LogP contribution in [0.3, 0.4) is 0 Å². The van der Waals surface area contributed by atoms with Gasteiger partial charge in [0.25, 0.3) is 0 Å². The van der Waals surface area contributed by atoms with E-state index in [1.807, 2.05) is 12.1 Å². The van der Waals surface area contributed by atoms with E-state index in [4.69, 9.17) is 9.84 Å². The second-order valence-electron chi connectivity index (χ2n) is 3.41. The molecule has 1 N–H and O–H groups in total. The highest BCUT2D eigenvalue weighted by atomic mass is 16.5. The van der Waals surface area contributed by atoms with Gasteiger partial charge in [0.2, 0.25) is 0 Å². The van der Waals surface area contributed by atoms with Gasteiger partial charge in [-0.3, -0.25) is 0 Å². The van der Waals surface area contributed by atoms with E-state index in [0.717, 1.165) is 18.4 Å². The summed E-state index contributed by atoms with van der Waals surface area (Å²) in [6.45, 7) is 0.536. The summed E-state index contributed by atoms with van der Waals surface area (Å²) in [6, 6.07) is 5.23. The first-order valence-corrected chi connectivity index (χ1v) is 4.92. The van der Waals surface area contributed by atoms with E-state index >= 15 is 0 Å². The van der Waals surface area contributed by atoms with Crippen molar-refractivity contribution in [2.24, 2.45) is 0 Å². The largest absolute Gasteiger partial charge is 0.492 e. The second-order valence-corrected chi connectivity index (χ2v) is 3.41. The number of hydrogen-bond acceptors (Lipinski definition) is 2. The van der Waals surface area contributed by atoms with Gasteiger partial charge in [0.1, 0.15) is 11.3 Å². The molecule has 0 radical (unpaired) electrons. The van der Waals surface area contributed by atoms with Crippen LogP contribution < -0.4 is 4.74 Å². The average molecular weight is 204 g/mol. The van der Waals surface area contributed by atoms with Crippen molar-refractivity contribution in [2.45, 2.75) is 12.8 Å². The van der Waals surface area contributed by atoms with E-state index in [1.165, 1.54) is 0 Å². The third kappa shape index (κ3) is 2.01. The Morgan fingerprint density at radius 1 is 1.33 bits per heavy atom. The van der Waals surface area contributed by atoms with Crippen molar-refractivity contribution in [1.82, 2.24) is 0 Å². The summed E-state index contributed by atoms with van der Waals surface area (Å²) in [6.07, 6.45) is 5.66. The molecule has 1 aliphatic heterocycles. The molecule has 0 saturated heterocycles. The molecule has 1 aromatic rings. The summed E-state index contributed by atoms with van der Waals surface area (Å²) in [7, 11) is 0. The van der Waals surface area contributed by atoms with Crippen LogP contribution in [-0.4, -0.2) is 17.7 Å². The third-order valence-electron chi connectivity index (χ3n) is 2.36. The zero-order valence-electron chi connectivity index (χ0n) is 8.27. The molecule has 0 unspecified atom stereocenters. The maximum atomic E-state index is 11.0. The van der Waals surface area contributed by atoms with Crippen molar-refractivity contribution in [3.05, 3.63) is 41.5 Å². The lowest BCUT2D eigenvalue weighted by molar-refractivity contribution is 0.0692. The summed E-state index contributed by atoms with van der Waals surface area (Å²) < 4.78 is 5.49. The number of aromatic carboxylic acids is 1. The van der Waals surface area contributed by atoms with Crippen LogP contribution in [0.2, 0.25) is 0 Å². The number of rotatable bonds is 1. The van der Waals surface area contributed by atoms with Gasteiger partial charge in [-0.1, -0.05) is 24.3 Å². The normalized spacial score (nSPS) is 16.8. The van der Waals surface area contributed by atoms with E-state index < -0.39 is 5.97 Å². The molecule has 0 aromatic heterocycles. The molecule has 1 heterocycles. The molecule has 1 aromatic carbocycles. The smallest absolute Gasteiger partial charge is 0.339 e. The predicted molar refractivity (Wildman–Crippen MR) is 56.4 cm³/mol. The van der Waals surface area contributed by atoms with E-state index in [0.29, 0.717) is 12.4 Å². The molecule has 0 atom stereocenters. The minimum atomic E-state index is -0.934. The minimum absolute atomic E-state index is 0.253. The maximum absolute atomic E-state index is 11.0. The average Bonchev–Trinajstić information content (AvgIpc) is 2.17. The molecule has 1 aliphatic rings. The highest BCUT2D eigenvalue weighted by molar-refractivity contribution is 5.91. The van der Waals surface area contributed by atoms with Crippen LogP contribution in [0.5, 0.6) is 5.75 Å². The first-order valence-electron chi connectivity index (χ1n) is 4.92. The molecule has 15 heavy (non-hydrogen) atoms. The number of carboxylic acids is 1. The van der Waals surface area contributed by atoms with E-state index in [9.17, 15) is 4.79 Å². The lowest BCUT2D eigenvalue weighted by atomic mass is 10.0. The van der Waals surface area contributed by atoms with Gasteiger partial charge < -0.3 is 9.84 Å². The Balaban J connectivity index is 2.47. The van der Waals surface area contributed by atoms with E-state index in [-0.39, 0.29) is 5.56 Å². The number of fused-ring (bicyclic) bond motifs is 1. The van der Waals surface area contributed by atoms with Crippen molar-refractivity contribution in [3.63, 3.8) is 0 Å². The summed E-state index contributed by atoms with van der Waals surface area (Å²) in [5, 5.41) is 9.00. The van der Waals surface area contributed by atoms with Crippen LogP contribution in [0.4, 0.5) is 0 Å². The van der Waals surface area contributed by atoms with Crippen molar-refractivity contribution >= 4 is 5.97 Å². The highest BCUT2D eigenvalue weighted by Gasteiger charge is 2.15. The molecule has 0 spiro atoms. The fourth-order valence-electron chi connectivity index (χ4n) is 1.64. The Bertz CT molecular complexity index is 407. The van der Waals surface area contributed by atoms with Gasteiger partial charge in [-0.2, -0.15) is 0 Å². The summed E-state index contributed by atoms with van der Waals surface area (Å²) in [5.74, 6) is -0.411. The number of ether oxygens (including phenoxy) is 1. The fraction of sp³-hybridized carbons (Fsp3) is 0.250. The Labute approximate surface area is 88.0 Å².